The van der Waals surface area contributed by atoms with Crippen LogP contribution in [0.2, 0.25) is 0 Å². The minimum absolute atomic E-state index is 0.0105. The van der Waals surface area contributed by atoms with Crippen LogP contribution in [0.3, 0.4) is 0 Å². The van der Waals surface area contributed by atoms with Gasteiger partial charge in [0.1, 0.15) is 5.75 Å². The van der Waals surface area contributed by atoms with Gasteiger partial charge in [-0.2, -0.15) is 0 Å². The zero-order valence-electron chi connectivity index (χ0n) is 31.2. The summed E-state index contributed by atoms with van der Waals surface area (Å²) in [4.78, 5) is 0. The van der Waals surface area contributed by atoms with E-state index in [1.807, 2.05) is 42.5 Å². The summed E-state index contributed by atoms with van der Waals surface area (Å²) in [5, 5.41) is 40.8. The van der Waals surface area contributed by atoms with Crippen LogP contribution in [0.4, 0.5) is 0 Å². The lowest BCUT2D eigenvalue weighted by molar-refractivity contribution is 0.183. The summed E-state index contributed by atoms with van der Waals surface area (Å²) in [7, 11) is -2.85. The summed E-state index contributed by atoms with van der Waals surface area (Å²) in [6.45, 7) is 23.5. The Bertz CT molecular complexity index is 1690. The molecule has 0 bridgehead atoms. The Hall–Kier alpha value is -3.91. The van der Waals surface area contributed by atoms with Gasteiger partial charge in [0, 0.05) is 0 Å². The van der Waals surface area contributed by atoms with E-state index < -0.39 is 19.7 Å². The molecule has 0 aromatic heterocycles. The molecule has 5 rings (SSSR count). The first-order valence-corrected chi connectivity index (χ1v) is 17.9. The molecule has 4 aromatic carbocycles. The molecule has 0 amide bonds. The summed E-state index contributed by atoms with van der Waals surface area (Å²) in [6.07, 6.45) is 4.72. The molecule has 1 aliphatic carbocycles. The van der Waals surface area contributed by atoms with Crippen molar-refractivity contribution in [3.8, 4) is 16.9 Å². The first kappa shape index (κ1) is 41.5. The molecular formula is C43H56B2O6. The SMILES string of the molecule is C=C.C=C.Cc1ccc(C)c(C2(c3ccc(OCCC(C)CCCC(C)C)cc3)c3cc(B(O)O)ccc3-c3ccc(B(O)OCCO)cc32)c1. The van der Waals surface area contributed by atoms with Gasteiger partial charge >= 0.3 is 14.2 Å². The van der Waals surface area contributed by atoms with E-state index in [0.29, 0.717) is 23.5 Å². The number of fused-ring (bicyclic) bond motifs is 3. The van der Waals surface area contributed by atoms with Gasteiger partial charge in [-0.3, -0.25) is 0 Å². The van der Waals surface area contributed by atoms with Crippen molar-refractivity contribution in [2.24, 2.45) is 11.8 Å². The summed E-state index contributed by atoms with van der Waals surface area (Å²) in [5.41, 5.74) is 8.23. The lowest BCUT2D eigenvalue weighted by Crippen LogP contribution is -2.37. The molecule has 4 aromatic rings. The van der Waals surface area contributed by atoms with E-state index in [4.69, 9.17) is 9.39 Å². The molecule has 1 aliphatic rings. The highest BCUT2D eigenvalue weighted by molar-refractivity contribution is 6.60. The highest BCUT2D eigenvalue weighted by Crippen LogP contribution is 2.56. The van der Waals surface area contributed by atoms with Crippen LogP contribution in [-0.2, 0) is 10.1 Å². The third-order valence-corrected chi connectivity index (χ3v) is 9.58. The Labute approximate surface area is 306 Å². The second-order valence-corrected chi connectivity index (χ2v) is 13.6. The maximum absolute atomic E-state index is 10.9. The first-order valence-electron chi connectivity index (χ1n) is 17.9. The van der Waals surface area contributed by atoms with E-state index in [2.05, 4.69) is 91.3 Å². The van der Waals surface area contributed by atoms with Crippen LogP contribution < -0.4 is 15.7 Å². The van der Waals surface area contributed by atoms with Crippen LogP contribution >= 0.6 is 0 Å². The van der Waals surface area contributed by atoms with Crippen molar-refractivity contribution >= 4 is 25.2 Å². The molecule has 0 saturated carbocycles. The molecule has 0 aliphatic heterocycles. The lowest BCUT2D eigenvalue weighted by Gasteiger charge is -2.36. The van der Waals surface area contributed by atoms with Gasteiger partial charge in [-0.1, -0.05) is 112 Å². The number of aliphatic hydroxyl groups is 1. The molecule has 4 N–H and O–H groups in total. The van der Waals surface area contributed by atoms with E-state index in [1.165, 1.54) is 19.3 Å². The molecule has 2 atom stereocenters. The normalized spacial score (nSPS) is 14.7. The zero-order chi connectivity index (χ0) is 37.7. The highest BCUT2D eigenvalue weighted by atomic mass is 16.5. The van der Waals surface area contributed by atoms with Gasteiger partial charge in [0.2, 0.25) is 0 Å². The number of aliphatic hydroxyl groups excluding tert-OH is 1. The van der Waals surface area contributed by atoms with Gasteiger partial charge in [-0.25, -0.2) is 0 Å². The van der Waals surface area contributed by atoms with E-state index in [9.17, 15) is 20.2 Å². The number of ether oxygens (including phenoxy) is 1. The van der Waals surface area contributed by atoms with Crippen LogP contribution in [0.25, 0.3) is 11.1 Å². The van der Waals surface area contributed by atoms with Crippen molar-refractivity contribution in [3.05, 3.63) is 139 Å². The number of aryl methyl sites for hydroxylation is 2. The van der Waals surface area contributed by atoms with E-state index >= 15 is 0 Å². The topological polar surface area (TPSA) is 99.4 Å². The van der Waals surface area contributed by atoms with Crippen LogP contribution in [0.1, 0.15) is 79.8 Å². The monoisotopic (exact) mass is 690 g/mol. The van der Waals surface area contributed by atoms with E-state index in [-0.39, 0.29) is 13.2 Å². The third-order valence-electron chi connectivity index (χ3n) is 9.58. The fourth-order valence-electron chi connectivity index (χ4n) is 7.03. The van der Waals surface area contributed by atoms with Crippen molar-refractivity contribution in [1.82, 2.24) is 0 Å². The van der Waals surface area contributed by atoms with Crippen LogP contribution in [0.15, 0.2) is 105 Å². The van der Waals surface area contributed by atoms with Gasteiger partial charge in [0.15, 0.2) is 0 Å². The predicted octanol–water partition coefficient (Wildman–Crippen LogP) is 6.88. The number of hydrogen-bond acceptors (Lipinski definition) is 6. The molecule has 51 heavy (non-hydrogen) atoms. The molecule has 0 saturated heterocycles. The Kier molecular flexibility index (Phi) is 16.0. The van der Waals surface area contributed by atoms with Crippen molar-refractivity contribution in [2.45, 2.75) is 65.7 Å². The second kappa shape index (κ2) is 19.6. The van der Waals surface area contributed by atoms with Gasteiger partial charge in [0.25, 0.3) is 0 Å². The second-order valence-electron chi connectivity index (χ2n) is 13.6. The van der Waals surface area contributed by atoms with Crippen LogP contribution in [0, 0.1) is 25.7 Å². The number of benzene rings is 4. The smallest absolute Gasteiger partial charge is 0.491 e. The van der Waals surface area contributed by atoms with E-state index in [0.717, 1.165) is 62.6 Å². The van der Waals surface area contributed by atoms with Gasteiger partial charge in [-0.15, -0.1) is 26.3 Å². The number of hydrogen-bond donors (Lipinski definition) is 4. The summed E-state index contributed by atoms with van der Waals surface area (Å²) >= 11 is 0. The molecule has 2 unspecified atom stereocenters. The molecule has 0 radical (unpaired) electrons. The average molecular weight is 691 g/mol. The van der Waals surface area contributed by atoms with Gasteiger partial charge < -0.3 is 29.6 Å². The zero-order valence-corrected chi connectivity index (χ0v) is 31.2. The fraction of sp³-hybridized carbons (Fsp3) is 0.349. The van der Waals surface area contributed by atoms with Crippen molar-refractivity contribution in [1.29, 1.82) is 0 Å². The van der Waals surface area contributed by atoms with Crippen LogP contribution in [-0.4, -0.2) is 54.2 Å². The average Bonchev–Trinajstić information content (AvgIpc) is 3.43. The maximum Gasteiger partial charge on any atom is 0.491 e. The largest absolute Gasteiger partial charge is 0.494 e. The quantitative estimate of drug-likeness (QED) is 0.0707. The molecule has 0 heterocycles. The first-order chi connectivity index (χ1) is 24.6. The van der Waals surface area contributed by atoms with Crippen molar-refractivity contribution in [2.75, 3.05) is 19.8 Å². The molecule has 6 nitrogen and oxygen atoms in total. The minimum atomic E-state index is -1.63. The molecule has 0 fully saturated rings. The minimum Gasteiger partial charge on any atom is -0.494 e. The Morgan fingerprint density at radius 1 is 0.686 bits per heavy atom. The standard InChI is InChI=1S/C39H48B2O6.2C2H4/c1-26(2)7-6-8-27(3)19-21-46-33-15-11-30(12-16-33)39(36-23-28(4)9-10-29(36)5)37-24-31(40(43)44)13-17-34(37)35-18-14-32(25-38(35)39)41(45)47-22-20-42;2*1-2/h9-18,23-27,42-45H,6-8,19-22H2,1-5H3;2*1-2H2. The van der Waals surface area contributed by atoms with E-state index in [1.54, 1.807) is 6.07 Å². The summed E-state index contributed by atoms with van der Waals surface area (Å²) in [6, 6.07) is 26.1. The Balaban J connectivity index is 0.00000169. The summed E-state index contributed by atoms with van der Waals surface area (Å²) in [5.74, 6) is 2.15. The molecule has 270 valence electrons. The maximum atomic E-state index is 10.9. The van der Waals surface area contributed by atoms with Gasteiger partial charge in [0.05, 0.1) is 25.2 Å². The third kappa shape index (κ3) is 9.50. The molecule has 8 heteroatoms. The molecule has 0 spiro atoms. The lowest BCUT2D eigenvalue weighted by atomic mass is 9.64. The Morgan fingerprint density at radius 3 is 1.88 bits per heavy atom. The van der Waals surface area contributed by atoms with Crippen molar-refractivity contribution < 1.29 is 29.6 Å². The number of rotatable bonds is 15. The summed E-state index contributed by atoms with van der Waals surface area (Å²) < 4.78 is 11.8. The Morgan fingerprint density at radius 2 is 1.29 bits per heavy atom. The van der Waals surface area contributed by atoms with Crippen molar-refractivity contribution in [3.63, 3.8) is 0 Å². The van der Waals surface area contributed by atoms with Crippen LogP contribution in [0.5, 0.6) is 5.75 Å². The molecular weight excluding hydrogens is 634 g/mol. The predicted molar refractivity (Wildman–Crippen MR) is 214 cm³/mol. The highest BCUT2D eigenvalue weighted by Gasteiger charge is 2.48. The van der Waals surface area contributed by atoms with Gasteiger partial charge in [-0.05, 0) is 94.1 Å². The fourth-order valence-corrected chi connectivity index (χ4v) is 7.03.